The zero-order chi connectivity index (χ0) is 15.6. The molecule has 21 heavy (non-hydrogen) atoms. The Morgan fingerprint density at radius 1 is 1.29 bits per heavy atom. The van der Waals surface area contributed by atoms with Crippen molar-refractivity contribution in [3.8, 4) is 0 Å². The average molecular weight is 393 g/mol. The van der Waals surface area contributed by atoms with Crippen LogP contribution in [0.1, 0.15) is 0 Å². The van der Waals surface area contributed by atoms with Gasteiger partial charge in [-0.1, -0.05) is 17.7 Å². The molecule has 0 unspecified atom stereocenters. The Bertz CT molecular complexity index is 796. The molecule has 110 valence electrons. The molecule has 1 aromatic heterocycles. The molecule has 1 aromatic carbocycles. The van der Waals surface area contributed by atoms with Gasteiger partial charge in [0.2, 0.25) is 0 Å². The van der Waals surface area contributed by atoms with Crippen LogP contribution in [0.15, 0.2) is 45.9 Å². The maximum Gasteiger partial charge on any atom is 0.363 e. The van der Waals surface area contributed by atoms with E-state index in [-0.39, 0.29) is 10.6 Å². The number of rotatable bonds is 4. The van der Waals surface area contributed by atoms with Crippen molar-refractivity contribution in [2.24, 2.45) is 0 Å². The topological polar surface area (TPSA) is 102 Å². The molecule has 0 saturated carbocycles. The number of pyridine rings is 1. The van der Waals surface area contributed by atoms with Crippen LogP contribution in [0.5, 0.6) is 0 Å². The highest BCUT2D eigenvalue weighted by atomic mass is 79.9. The van der Waals surface area contributed by atoms with E-state index >= 15 is 0 Å². The van der Waals surface area contributed by atoms with Crippen molar-refractivity contribution in [2.45, 2.75) is 4.90 Å². The van der Waals surface area contributed by atoms with Crippen LogP contribution in [0.3, 0.4) is 0 Å². The van der Waals surface area contributed by atoms with Crippen LogP contribution in [-0.4, -0.2) is 18.3 Å². The van der Waals surface area contributed by atoms with Gasteiger partial charge in [-0.2, -0.15) is 0 Å². The lowest BCUT2D eigenvalue weighted by Gasteiger charge is -2.09. The van der Waals surface area contributed by atoms with E-state index in [1.165, 1.54) is 6.07 Å². The number of nitrogens with zero attached hydrogens (tertiary/aromatic N) is 2. The smallest absolute Gasteiger partial charge is 0.358 e. The first-order chi connectivity index (χ1) is 9.81. The molecular weight excluding hydrogens is 386 g/mol. The van der Waals surface area contributed by atoms with E-state index in [4.69, 9.17) is 11.6 Å². The van der Waals surface area contributed by atoms with Crippen molar-refractivity contribution < 1.29 is 13.3 Å². The van der Waals surface area contributed by atoms with E-state index in [0.29, 0.717) is 9.50 Å². The molecule has 0 aliphatic carbocycles. The van der Waals surface area contributed by atoms with Crippen LogP contribution in [0.2, 0.25) is 5.02 Å². The molecule has 0 aliphatic rings. The minimum Gasteiger partial charge on any atom is -0.358 e. The minimum atomic E-state index is -3.92. The summed E-state index contributed by atoms with van der Waals surface area (Å²) in [6.45, 7) is 0. The molecule has 10 heteroatoms. The molecule has 2 rings (SSSR count). The summed E-state index contributed by atoms with van der Waals surface area (Å²) in [7, 11) is -3.92. The molecule has 0 bridgehead atoms. The molecule has 1 heterocycles. The van der Waals surface area contributed by atoms with Gasteiger partial charge in [-0.05, 0) is 44.0 Å². The first kappa shape index (κ1) is 15.7. The summed E-state index contributed by atoms with van der Waals surface area (Å²) in [5, 5.41) is 10.8. The Hall–Kier alpha value is -1.71. The largest absolute Gasteiger partial charge is 0.363 e. The predicted octanol–water partition coefficient (Wildman–Crippen LogP) is 3.21. The number of anilines is 1. The van der Waals surface area contributed by atoms with Gasteiger partial charge in [-0.25, -0.2) is 8.42 Å². The number of nitro groups is 1. The second-order valence-corrected chi connectivity index (χ2v) is 6.70. The number of halogens is 2. The molecule has 0 aliphatic heterocycles. The fourth-order valence-electron chi connectivity index (χ4n) is 1.43. The van der Waals surface area contributed by atoms with Crippen molar-refractivity contribution >= 4 is 49.1 Å². The monoisotopic (exact) mass is 391 g/mol. The Kier molecular flexibility index (Phi) is 4.45. The van der Waals surface area contributed by atoms with Gasteiger partial charge in [0.25, 0.3) is 10.0 Å². The Balaban J connectivity index is 2.34. The van der Waals surface area contributed by atoms with Gasteiger partial charge >= 0.3 is 5.82 Å². The first-order valence-corrected chi connectivity index (χ1v) is 8.04. The maximum absolute atomic E-state index is 12.2. The van der Waals surface area contributed by atoms with E-state index in [1.54, 1.807) is 12.1 Å². The van der Waals surface area contributed by atoms with E-state index in [2.05, 4.69) is 25.6 Å². The Morgan fingerprint density at radius 3 is 2.57 bits per heavy atom. The second kappa shape index (κ2) is 5.96. The number of nitrogens with one attached hydrogen (secondary N) is 1. The highest BCUT2D eigenvalue weighted by molar-refractivity contribution is 9.10. The van der Waals surface area contributed by atoms with Crippen LogP contribution in [-0.2, 0) is 10.0 Å². The summed E-state index contributed by atoms with van der Waals surface area (Å²) in [6.07, 6.45) is 0.916. The average Bonchev–Trinajstić information content (AvgIpc) is 2.44. The number of aromatic nitrogens is 1. The second-order valence-electron chi connectivity index (χ2n) is 3.82. The zero-order valence-corrected chi connectivity index (χ0v) is 13.3. The van der Waals surface area contributed by atoms with Gasteiger partial charge in [0, 0.05) is 6.07 Å². The van der Waals surface area contributed by atoms with Crippen molar-refractivity contribution in [3.63, 3.8) is 0 Å². The van der Waals surface area contributed by atoms with Gasteiger partial charge < -0.3 is 10.1 Å². The number of hydrogen-bond acceptors (Lipinski definition) is 5. The number of sulfonamides is 1. The fraction of sp³-hybridized carbons (Fsp3) is 0. The molecule has 0 amide bonds. The summed E-state index contributed by atoms with van der Waals surface area (Å²) in [6, 6.07) is 6.82. The zero-order valence-electron chi connectivity index (χ0n) is 10.2. The van der Waals surface area contributed by atoms with Crippen LogP contribution < -0.4 is 4.72 Å². The number of hydrogen-bond donors (Lipinski definition) is 1. The summed E-state index contributed by atoms with van der Waals surface area (Å²) in [5.41, 5.74) is 0.251. The van der Waals surface area contributed by atoms with Crippen LogP contribution in [0, 0.1) is 10.1 Å². The van der Waals surface area contributed by atoms with E-state index in [9.17, 15) is 18.5 Å². The van der Waals surface area contributed by atoms with Crippen molar-refractivity contribution in [3.05, 3.63) is 56.1 Å². The third-order valence-electron chi connectivity index (χ3n) is 2.41. The molecule has 0 spiro atoms. The lowest BCUT2D eigenvalue weighted by molar-refractivity contribution is -0.389. The third kappa shape index (κ3) is 3.49. The minimum absolute atomic E-state index is 0.194. The quantitative estimate of drug-likeness (QED) is 0.636. The fourth-order valence-corrected chi connectivity index (χ4v) is 3.11. The normalized spacial score (nSPS) is 11.1. The van der Waals surface area contributed by atoms with Gasteiger partial charge in [0.05, 0.1) is 15.2 Å². The molecule has 2 aromatic rings. The van der Waals surface area contributed by atoms with E-state index < -0.39 is 20.8 Å². The molecule has 0 atom stereocenters. The Morgan fingerprint density at radius 2 is 2.00 bits per heavy atom. The molecular formula is C11H7BrClN3O4S. The van der Waals surface area contributed by atoms with Gasteiger partial charge in [0.15, 0.2) is 6.20 Å². The lowest BCUT2D eigenvalue weighted by Crippen LogP contribution is -2.13. The standard InChI is InChI=1S/C11H7BrClN3O4S/c12-11-8(13)2-1-3-9(11)15-21(19,20)7-4-5-10(14-6-7)16(17)18/h1-6,15H. The molecule has 0 fully saturated rings. The molecule has 0 saturated heterocycles. The summed E-state index contributed by atoms with van der Waals surface area (Å²) in [4.78, 5) is 13.1. The van der Waals surface area contributed by atoms with E-state index in [1.807, 2.05) is 0 Å². The van der Waals surface area contributed by atoms with E-state index in [0.717, 1.165) is 18.3 Å². The maximum atomic E-state index is 12.2. The van der Waals surface area contributed by atoms with Crippen molar-refractivity contribution in [1.82, 2.24) is 4.98 Å². The highest BCUT2D eigenvalue weighted by Gasteiger charge is 2.19. The molecule has 0 radical (unpaired) electrons. The SMILES string of the molecule is O=[N+]([O-])c1ccc(S(=O)(=O)Nc2cccc(Cl)c2Br)cn1. The third-order valence-corrected chi connectivity index (χ3v) is 5.16. The van der Waals surface area contributed by atoms with Crippen molar-refractivity contribution in [2.75, 3.05) is 4.72 Å². The van der Waals surface area contributed by atoms with Crippen LogP contribution >= 0.6 is 27.5 Å². The van der Waals surface area contributed by atoms with Crippen molar-refractivity contribution in [1.29, 1.82) is 0 Å². The number of benzene rings is 1. The first-order valence-electron chi connectivity index (χ1n) is 5.38. The van der Waals surface area contributed by atoms with Gasteiger partial charge in [-0.15, -0.1) is 0 Å². The lowest BCUT2D eigenvalue weighted by atomic mass is 10.3. The highest BCUT2D eigenvalue weighted by Crippen LogP contribution is 2.31. The van der Waals surface area contributed by atoms with Gasteiger partial charge in [-0.3, -0.25) is 4.72 Å². The Labute approximate surface area is 133 Å². The van der Waals surface area contributed by atoms with Crippen LogP contribution in [0.25, 0.3) is 0 Å². The predicted molar refractivity (Wildman–Crippen MR) is 80.9 cm³/mol. The molecule has 7 nitrogen and oxygen atoms in total. The van der Waals surface area contributed by atoms with Gasteiger partial charge in [0.1, 0.15) is 4.90 Å². The summed E-state index contributed by atoms with van der Waals surface area (Å²) < 4.78 is 27.0. The van der Waals surface area contributed by atoms with Crippen LogP contribution in [0.4, 0.5) is 11.5 Å². The summed E-state index contributed by atoms with van der Waals surface area (Å²) >= 11 is 9.05. The molecule has 1 N–H and O–H groups in total. The summed E-state index contributed by atoms with van der Waals surface area (Å²) in [5.74, 6) is -0.433.